The second-order valence-corrected chi connectivity index (χ2v) is 5.58. The Balaban J connectivity index is 1.87. The number of urea groups is 1. The van der Waals surface area contributed by atoms with Gasteiger partial charge < -0.3 is 5.32 Å². The fourth-order valence-corrected chi connectivity index (χ4v) is 2.93. The van der Waals surface area contributed by atoms with Gasteiger partial charge in [0.25, 0.3) is 0 Å². The van der Waals surface area contributed by atoms with Crippen LogP contribution in [0.2, 0.25) is 0 Å². The summed E-state index contributed by atoms with van der Waals surface area (Å²) in [5, 5.41) is 3.08. The van der Waals surface area contributed by atoms with E-state index in [0.29, 0.717) is 0 Å². The van der Waals surface area contributed by atoms with Gasteiger partial charge in [-0.15, -0.1) is 0 Å². The van der Waals surface area contributed by atoms with E-state index in [2.05, 4.69) is 11.4 Å². The van der Waals surface area contributed by atoms with Gasteiger partial charge in [0, 0.05) is 17.9 Å². The average Bonchev–Trinajstić information content (AvgIpc) is 2.50. The number of para-hydroxylation sites is 2. The minimum absolute atomic E-state index is 0.0421. The summed E-state index contributed by atoms with van der Waals surface area (Å²) in [6.07, 6.45) is 2.06. The molecule has 21 heavy (non-hydrogen) atoms. The molecule has 0 saturated heterocycles. The summed E-state index contributed by atoms with van der Waals surface area (Å²) in [6.45, 7) is 4.81. The fourth-order valence-electron chi connectivity index (χ4n) is 2.93. The van der Waals surface area contributed by atoms with E-state index < -0.39 is 0 Å². The maximum Gasteiger partial charge on any atom is 0.326 e. The molecule has 3 nitrogen and oxygen atoms in total. The molecule has 0 unspecified atom stereocenters. The van der Waals surface area contributed by atoms with Crippen molar-refractivity contribution in [3.05, 3.63) is 59.2 Å². The zero-order chi connectivity index (χ0) is 14.8. The van der Waals surface area contributed by atoms with Crippen molar-refractivity contribution >= 4 is 17.4 Å². The van der Waals surface area contributed by atoms with Crippen LogP contribution >= 0.6 is 0 Å². The number of hydrogen-bond acceptors (Lipinski definition) is 1. The van der Waals surface area contributed by atoms with E-state index in [-0.39, 0.29) is 6.03 Å². The molecule has 0 atom stereocenters. The molecular formula is C18H20N2O. The first-order valence-electron chi connectivity index (χ1n) is 7.39. The van der Waals surface area contributed by atoms with Crippen LogP contribution in [0.4, 0.5) is 16.2 Å². The molecule has 108 valence electrons. The van der Waals surface area contributed by atoms with E-state index in [4.69, 9.17) is 0 Å². The summed E-state index contributed by atoms with van der Waals surface area (Å²) in [4.78, 5) is 14.5. The minimum atomic E-state index is -0.0421. The van der Waals surface area contributed by atoms with Crippen molar-refractivity contribution in [2.75, 3.05) is 16.8 Å². The Kier molecular flexibility index (Phi) is 3.65. The SMILES string of the molecule is Cc1cccc(C)c1NC(=O)N1CCCc2ccccc21. The quantitative estimate of drug-likeness (QED) is 0.830. The molecular weight excluding hydrogens is 260 g/mol. The number of anilines is 2. The summed E-state index contributed by atoms with van der Waals surface area (Å²) < 4.78 is 0. The van der Waals surface area contributed by atoms with Crippen molar-refractivity contribution < 1.29 is 4.79 Å². The molecule has 0 radical (unpaired) electrons. The van der Waals surface area contributed by atoms with E-state index in [1.807, 2.05) is 55.1 Å². The number of carbonyl (C=O) groups excluding carboxylic acids is 1. The van der Waals surface area contributed by atoms with Crippen LogP contribution in [-0.4, -0.2) is 12.6 Å². The van der Waals surface area contributed by atoms with Gasteiger partial charge in [0.15, 0.2) is 0 Å². The third-order valence-electron chi connectivity index (χ3n) is 4.07. The Morgan fingerprint density at radius 1 is 1.05 bits per heavy atom. The van der Waals surface area contributed by atoms with Crippen LogP contribution in [0, 0.1) is 13.8 Å². The monoisotopic (exact) mass is 280 g/mol. The number of carbonyl (C=O) groups is 1. The Morgan fingerprint density at radius 2 is 1.76 bits per heavy atom. The lowest BCUT2D eigenvalue weighted by molar-refractivity contribution is 0.256. The highest BCUT2D eigenvalue weighted by Gasteiger charge is 2.22. The predicted octanol–water partition coefficient (Wildman–Crippen LogP) is 4.29. The van der Waals surface area contributed by atoms with Crippen LogP contribution in [0.1, 0.15) is 23.1 Å². The first-order valence-corrected chi connectivity index (χ1v) is 7.39. The highest BCUT2D eigenvalue weighted by molar-refractivity contribution is 6.03. The lowest BCUT2D eigenvalue weighted by Gasteiger charge is -2.30. The molecule has 1 N–H and O–H groups in total. The van der Waals surface area contributed by atoms with E-state index >= 15 is 0 Å². The van der Waals surface area contributed by atoms with Crippen molar-refractivity contribution in [1.29, 1.82) is 0 Å². The second kappa shape index (κ2) is 5.60. The molecule has 0 aliphatic carbocycles. The number of nitrogens with zero attached hydrogens (tertiary/aromatic N) is 1. The van der Waals surface area contributed by atoms with Gasteiger partial charge in [0.1, 0.15) is 0 Å². The maximum absolute atomic E-state index is 12.6. The molecule has 3 heteroatoms. The molecule has 2 aromatic rings. The van der Waals surface area contributed by atoms with Crippen LogP contribution < -0.4 is 10.2 Å². The van der Waals surface area contributed by atoms with Gasteiger partial charge in [-0.2, -0.15) is 0 Å². The van der Waals surface area contributed by atoms with Gasteiger partial charge in [-0.3, -0.25) is 4.90 Å². The summed E-state index contributed by atoms with van der Waals surface area (Å²) >= 11 is 0. The highest BCUT2D eigenvalue weighted by Crippen LogP contribution is 2.28. The van der Waals surface area contributed by atoms with Gasteiger partial charge in [-0.1, -0.05) is 36.4 Å². The Bertz CT molecular complexity index is 658. The Morgan fingerprint density at radius 3 is 2.52 bits per heavy atom. The molecule has 0 fully saturated rings. The lowest BCUT2D eigenvalue weighted by Crippen LogP contribution is -2.38. The van der Waals surface area contributed by atoms with Gasteiger partial charge >= 0.3 is 6.03 Å². The molecule has 0 spiro atoms. The van der Waals surface area contributed by atoms with E-state index in [9.17, 15) is 4.79 Å². The highest BCUT2D eigenvalue weighted by atomic mass is 16.2. The van der Waals surface area contributed by atoms with Gasteiger partial charge in [-0.05, 0) is 49.4 Å². The minimum Gasteiger partial charge on any atom is -0.307 e. The number of nitrogens with one attached hydrogen (secondary N) is 1. The van der Waals surface area contributed by atoms with Crippen molar-refractivity contribution in [1.82, 2.24) is 0 Å². The number of amides is 2. The molecule has 2 aromatic carbocycles. The summed E-state index contributed by atoms with van der Waals surface area (Å²) in [7, 11) is 0. The molecule has 0 bridgehead atoms. The third-order valence-corrected chi connectivity index (χ3v) is 4.07. The van der Waals surface area contributed by atoms with Crippen molar-refractivity contribution in [2.24, 2.45) is 0 Å². The van der Waals surface area contributed by atoms with Crippen LogP contribution in [0.5, 0.6) is 0 Å². The second-order valence-electron chi connectivity index (χ2n) is 5.58. The summed E-state index contributed by atoms with van der Waals surface area (Å²) in [6, 6.07) is 14.2. The van der Waals surface area contributed by atoms with E-state index in [0.717, 1.165) is 41.9 Å². The smallest absolute Gasteiger partial charge is 0.307 e. The van der Waals surface area contributed by atoms with Gasteiger partial charge in [0.05, 0.1) is 0 Å². The molecule has 1 aliphatic heterocycles. The van der Waals surface area contributed by atoms with Gasteiger partial charge in [0.2, 0.25) is 0 Å². The topological polar surface area (TPSA) is 32.3 Å². The van der Waals surface area contributed by atoms with Crippen molar-refractivity contribution in [2.45, 2.75) is 26.7 Å². The molecule has 3 rings (SSSR count). The average molecular weight is 280 g/mol. The number of aryl methyl sites for hydroxylation is 3. The largest absolute Gasteiger partial charge is 0.326 e. The number of rotatable bonds is 1. The van der Waals surface area contributed by atoms with Crippen LogP contribution in [0.25, 0.3) is 0 Å². The summed E-state index contributed by atoms with van der Waals surface area (Å²) in [5.41, 5.74) is 5.39. The standard InChI is InChI=1S/C18H20N2O/c1-13-7-5-8-14(2)17(13)19-18(21)20-12-6-10-15-9-3-4-11-16(15)20/h3-5,7-9,11H,6,10,12H2,1-2H3,(H,19,21). The predicted molar refractivity (Wildman–Crippen MR) is 87.0 cm³/mol. The molecule has 0 aromatic heterocycles. The maximum atomic E-state index is 12.6. The zero-order valence-electron chi connectivity index (χ0n) is 12.5. The molecule has 0 saturated carbocycles. The molecule has 1 heterocycles. The van der Waals surface area contributed by atoms with Crippen molar-refractivity contribution in [3.63, 3.8) is 0 Å². The first kappa shape index (κ1) is 13.7. The first-order chi connectivity index (χ1) is 10.2. The van der Waals surface area contributed by atoms with Crippen LogP contribution in [0.15, 0.2) is 42.5 Å². The van der Waals surface area contributed by atoms with Crippen LogP contribution in [0.3, 0.4) is 0 Å². The Hall–Kier alpha value is -2.29. The van der Waals surface area contributed by atoms with Crippen LogP contribution in [-0.2, 0) is 6.42 Å². The normalized spacial score (nSPS) is 13.7. The summed E-state index contributed by atoms with van der Waals surface area (Å²) in [5.74, 6) is 0. The number of hydrogen-bond donors (Lipinski definition) is 1. The number of benzene rings is 2. The Labute approximate surface area is 125 Å². The fraction of sp³-hybridized carbons (Fsp3) is 0.278. The van der Waals surface area contributed by atoms with Gasteiger partial charge in [-0.25, -0.2) is 4.79 Å². The van der Waals surface area contributed by atoms with Crippen molar-refractivity contribution in [3.8, 4) is 0 Å². The van der Waals surface area contributed by atoms with E-state index in [1.165, 1.54) is 5.56 Å². The lowest BCUT2D eigenvalue weighted by atomic mass is 10.0. The van der Waals surface area contributed by atoms with E-state index in [1.54, 1.807) is 0 Å². The number of fused-ring (bicyclic) bond motifs is 1. The molecule has 1 aliphatic rings. The zero-order valence-corrected chi connectivity index (χ0v) is 12.5. The third kappa shape index (κ3) is 2.64. The molecule has 2 amide bonds.